The van der Waals surface area contributed by atoms with Gasteiger partial charge in [-0.3, -0.25) is 4.79 Å². The summed E-state index contributed by atoms with van der Waals surface area (Å²) < 4.78 is 37.0. The van der Waals surface area contributed by atoms with E-state index < -0.39 is 22.9 Å². The molecule has 0 saturated heterocycles. The van der Waals surface area contributed by atoms with Crippen LogP contribution in [0.4, 0.5) is 8.78 Å². The van der Waals surface area contributed by atoms with E-state index in [9.17, 15) is 9.59 Å². The molecule has 1 heterocycles. The smallest absolute Gasteiger partial charge is 0.333 e. The van der Waals surface area contributed by atoms with E-state index in [-0.39, 0.29) is 22.0 Å². The Morgan fingerprint density at radius 3 is 2.17 bits per heavy atom. The number of benzene rings is 4. The van der Waals surface area contributed by atoms with Crippen molar-refractivity contribution in [2.45, 2.75) is 12.8 Å². The molecule has 5 rings (SSSR count). The first-order chi connectivity index (χ1) is 17.3. The second kappa shape index (κ2) is 9.09. The van der Waals surface area contributed by atoms with E-state index in [4.69, 9.17) is 16.3 Å². The molecule has 0 unspecified atom stereocenters. The van der Waals surface area contributed by atoms with E-state index in [1.165, 1.54) is 30.3 Å². The lowest BCUT2D eigenvalue weighted by Gasteiger charge is -2.18. The number of hydrogen-bond acceptors (Lipinski definition) is 3. The molecule has 4 aromatic carbocycles. The molecule has 0 amide bonds. The first kappa shape index (κ1) is 23.5. The van der Waals surface area contributed by atoms with Crippen LogP contribution in [0.2, 0.25) is 5.02 Å². The van der Waals surface area contributed by atoms with Gasteiger partial charge in [-0.2, -0.15) is 8.78 Å². The molecule has 0 spiro atoms. The summed E-state index contributed by atoms with van der Waals surface area (Å²) in [6.45, 7) is 1.87. The van der Waals surface area contributed by atoms with Crippen LogP contribution in [0.15, 0.2) is 101 Å². The summed E-state index contributed by atoms with van der Waals surface area (Å²) in [5, 5.41) is 1.30. The Hall–Kier alpha value is -4.23. The number of nitrogens with one attached hydrogen (secondary N) is 1. The minimum atomic E-state index is -3.57. The third-order valence-corrected chi connectivity index (χ3v) is 6.28. The van der Waals surface area contributed by atoms with Crippen LogP contribution in [0, 0.1) is 6.92 Å². The third kappa shape index (κ3) is 4.07. The summed E-state index contributed by atoms with van der Waals surface area (Å²) >= 11 is 6.64. The number of aryl methyl sites for hydroxylation is 1. The van der Waals surface area contributed by atoms with Gasteiger partial charge in [0, 0.05) is 28.5 Å². The zero-order valence-corrected chi connectivity index (χ0v) is 19.7. The van der Waals surface area contributed by atoms with Crippen LogP contribution < -0.4 is 16.0 Å². The van der Waals surface area contributed by atoms with Gasteiger partial charge in [0.1, 0.15) is 11.5 Å². The van der Waals surface area contributed by atoms with Crippen LogP contribution in [0.1, 0.15) is 16.8 Å². The first-order valence-electron chi connectivity index (χ1n) is 11.0. The number of nitrogens with zero attached hydrogens (tertiary/aromatic N) is 1. The summed E-state index contributed by atoms with van der Waals surface area (Å²) in [4.78, 5) is 28.4. The molecule has 36 heavy (non-hydrogen) atoms. The lowest BCUT2D eigenvalue weighted by atomic mass is 10.1. The fourth-order valence-electron chi connectivity index (χ4n) is 4.04. The zero-order valence-electron chi connectivity index (χ0n) is 19.0. The van der Waals surface area contributed by atoms with Gasteiger partial charge in [-0.05, 0) is 18.6 Å². The van der Waals surface area contributed by atoms with E-state index in [0.29, 0.717) is 16.5 Å². The van der Waals surface area contributed by atoms with Crippen molar-refractivity contribution >= 4 is 22.4 Å². The number of ether oxygens (including phenoxy) is 1. The Balaban J connectivity index is 1.70. The number of para-hydroxylation sites is 1. The third-order valence-electron chi connectivity index (χ3n) is 5.89. The summed E-state index contributed by atoms with van der Waals surface area (Å²) in [6, 6.07) is 23.4. The minimum absolute atomic E-state index is 0.152. The number of fused-ring (bicyclic) bond motifs is 1. The molecule has 0 bridgehead atoms. The van der Waals surface area contributed by atoms with Crippen LogP contribution >= 0.6 is 11.6 Å². The fourth-order valence-corrected chi connectivity index (χ4v) is 4.30. The fraction of sp³-hybridized carbons (Fsp3) is 0.0714. The molecule has 5 nitrogen and oxygen atoms in total. The molecule has 0 aliphatic carbocycles. The molecule has 0 fully saturated rings. The Bertz CT molecular complexity index is 1680. The van der Waals surface area contributed by atoms with Crippen molar-refractivity contribution in [1.29, 1.82) is 0 Å². The van der Waals surface area contributed by atoms with Crippen molar-refractivity contribution in [3.8, 4) is 17.2 Å². The number of halogens is 3. The summed E-state index contributed by atoms with van der Waals surface area (Å²) in [5.41, 5.74) is -2.07. The van der Waals surface area contributed by atoms with Gasteiger partial charge in [-0.25, -0.2) is 9.36 Å². The monoisotopic (exact) mass is 504 g/mol. The quantitative estimate of drug-likeness (QED) is 0.294. The van der Waals surface area contributed by atoms with Crippen molar-refractivity contribution < 1.29 is 13.5 Å². The van der Waals surface area contributed by atoms with Crippen LogP contribution in [-0.4, -0.2) is 9.55 Å². The highest BCUT2D eigenvalue weighted by atomic mass is 35.5. The van der Waals surface area contributed by atoms with Gasteiger partial charge in [0.2, 0.25) is 0 Å². The normalized spacial score (nSPS) is 11.6. The Kier molecular flexibility index (Phi) is 5.94. The van der Waals surface area contributed by atoms with Crippen molar-refractivity contribution in [1.82, 2.24) is 9.55 Å². The van der Waals surface area contributed by atoms with Gasteiger partial charge in [0.05, 0.1) is 16.4 Å². The average molecular weight is 505 g/mol. The van der Waals surface area contributed by atoms with E-state index >= 15 is 8.78 Å². The van der Waals surface area contributed by atoms with Crippen molar-refractivity contribution in [3.05, 3.63) is 134 Å². The average Bonchev–Trinajstić information content (AvgIpc) is 2.88. The second-order valence-electron chi connectivity index (χ2n) is 8.22. The molecule has 8 heteroatoms. The van der Waals surface area contributed by atoms with E-state index in [1.807, 2.05) is 19.1 Å². The lowest BCUT2D eigenvalue weighted by molar-refractivity contribution is 0.0373. The molecule has 0 radical (unpaired) electrons. The molecule has 180 valence electrons. The van der Waals surface area contributed by atoms with Crippen molar-refractivity contribution in [2.24, 2.45) is 0 Å². The maximum Gasteiger partial charge on any atom is 0.333 e. The van der Waals surface area contributed by atoms with Gasteiger partial charge < -0.3 is 9.72 Å². The molecule has 1 N–H and O–H groups in total. The van der Waals surface area contributed by atoms with Gasteiger partial charge in [-0.1, -0.05) is 84.4 Å². The van der Waals surface area contributed by atoms with Crippen LogP contribution in [0.3, 0.4) is 0 Å². The SMILES string of the molecule is Cc1ccccc1Oc1cc(-n2c(=O)cc(C(F)(F)c3ccccc3)[nH]c2=O)c2ccccc2c1Cl. The van der Waals surface area contributed by atoms with Crippen LogP contribution in [-0.2, 0) is 5.92 Å². The standard InChI is InChI=1S/C28H19ClF2N2O3/c1-17-9-5-8-14-22(17)36-23-15-21(19-12-6-7-13-20(19)26(23)29)33-25(34)16-24(32-27(33)35)28(30,31)18-10-3-2-4-11-18/h2-16H,1H3,(H,32,35). The molecule has 0 atom stereocenters. The van der Waals surface area contributed by atoms with Gasteiger partial charge >= 0.3 is 11.6 Å². The molecule has 0 saturated carbocycles. The van der Waals surface area contributed by atoms with E-state index in [1.54, 1.807) is 42.5 Å². The zero-order chi connectivity index (χ0) is 25.4. The highest BCUT2D eigenvalue weighted by Gasteiger charge is 2.36. The number of alkyl halides is 2. The van der Waals surface area contributed by atoms with Crippen LogP contribution in [0.5, 0.6) is 11.5 Å². The summed E-state index contributed by atoms with van der Waals surface area (Å²) in [6.07, 6.45) is 0. The Morgan fingerprint density at radius 2 is 1.47 bits per heavy atom. The second-order valence-corrected chi connectivity index (χ2v) is 8.60. The van der Waals surface area contributed by atoms with Crippen LogP contribution in [0.25, 0.3) is 16.5 Å². The Labute approximate surface area is 209 Å². The summed E-state index contributed by atoms with van der Waals surface area (Å²) in [7, 11) is 0. The molecule has 1 aromatic heterocycles. The van der Waals surface area contributed by atoms with Crippen molar-refractivity contribution in [3.63, 3.8) is 0 Å². The lowest BCUT2D eigenvalue weighted by Crippen LogP contribution is -2.36. The van der Waals surface area contributed by atoms with E-state index in [2.05, 4.69) is 4.98 Å². The maximum atomic E-state index is 15.1. The molecular formula is C28H19ClF2N2O3. The van der Waals surface area contributed by atoms with Crippen molar-refractivity contribution in [2.75, 3.05) is 0 Å². The molecule has 5 aromatic rings. The minimum Gasteiger partial charge on any atom is -0.455 e. The number of rotatable bonds is 5. The molecule has 0 aliphatic rings. The van der Waals surface area contributed by atoms with Gasteiger partial charge in [0.15, 0.2) is 0 Å². The predicted molar refractivity (Wildman–Crippen MR) is 136 cm³/mol. The largest absolute Gasteiger partial charge is 0.455 e. The highest BCUT2D eigenvalue weighted by Crippen LogP contribution is 2.39. The number of H-pyrrole nitrogens is 1. The predicted octanol–water partition coefficient (Wildman–Crippen LogP) is 6.57. The number of aromatic amines is 1. The molecule has 0 aliphatic heterocycles. The topological polar surface area (TPSA) is 64.1 Å². The highest BCUT2D eigenvalue weighted by molar-refractivity contribution is 6.37. The van der Waals surface area contributed by atoms with E-state index in [0.717, 1.165) is 16.2 Å². The molecular weight excluding hydrogens is 486 g/mol. The Morgan fingerprint density at radius 1 is 0.833 bits per heavy atom. The number of aromatic nitrogens is 2. The summed E-state index contributed by atoms with van der Waals surface area (Å²) in [5.74, 6) is -2.82. The van der Waals surface area contributed by atoms with Gasteiger partial charge in [0.25, 0.3) is 5.56 Å². The van der Waals surface area contributed by atoms with Gasteiger partial charge in [-0.15, -0.1) is 0 Å². The first-order valence-corrected chi connectivity index (χ1v) is 11.4. The maximum absolute atomic E-state index is 15.1. The number of hydrogen-bond donors (Lipinski definition) is 1.